The molecule has 0 atom stereocenters. The highest BCUT2D eigenvalue weighted by atomic mass is 35.5. The highest BCUT2D eigenvalue weighted by Crippen LogP contribution is 2.25. The molecule has 7 heteroatoms. The first-order valence-electron chi connectivity index (χ1n) is 6.73. The minimum Gasteiger partial charge on any atom is -0.341 e. The molecule has 0 aliphatic carbocycles. The van der Waals surface area contributed by atoms with Gasteiger partial charge in [0.25, 0.3) is 0 Å². The van der Waals surface area contributed by atoms with Gasteiger partial charge in [-0.15, -0.1) is 0 Å². The quantitative estimate of drug-likeness (QED) is 0.897. The predicted molar refractivity (Wildman–Crippen MR) is 87.9 cm³/mol. The molecule has 1 N–H and O–H groups in total. The van der Waals surface area contributed by atoms with E-state index in [2.05, 4.69) is 20.3 Å². The van der Waals surface area contributed by atoms with Crippen LogP contribution in [0.15, 0.2) is 18.2 Å². The van der Waals surface area contributed by atoms with E-state index >= 15 is 0 Å². The Balaban J connectivity index is 2.34. The maximum absolute atomic E-state index is 6.11. The molecule has 2 aromatic rings. The number of aromatic nitrogens is 3. The summed E-state index contributed by atoms with van der Waals surface area (Å²) in [4.78, 5) is 14.7. The van der Waals surface area contributed by atoms with E-state index in [1.807, 2.05) is 43.9 Å². The maximum atomic E-state index is 6.11. The summed E-state index contributed by atoms with van der Waals surface area (Å²) in [7, 11) is 0. The molecular formula is C14H17Cl2N5. The molecule has 0 radical (unpaired) electrons. The Hall–Kier alpha value is -1.59. The van der Waals surface area contributed by atoms with E-state index in [0.29, 0.717) is 16.9 Å². The lowest BCUT2D eigenvalue weighted by molar-refractivity contribution is 0.813. The molecule has 2 rings (SSSR count). The van der Waals surface area contributed by atoms with Gasteiger partial charge in [-0.2, -0.15) is 15.0 Å². The minimum atomic E-state index is 0.161. The van der Waals surface area contributed by atoms with Gasteiger partial charge in [-0.1, -0.05) is 17.7 Å². The van der Waals surface area contributed by atoms with Gasteiger partial charge in [0.1, 0.15) is 0 Å². The molecule has 112 valence electrons. The van der Waals surface area contributed by atoms with E-state index in [1.54, 1.807) is 0 Å². The summed E-state index contributed by atoms with van der Waals surface area (Å²) in [6, 6.07) is 5.62. The number of halogens is 2. The van der Waals surface area contributed by atoms with Crippen molar-refractivity contribution < 1.29 is 0 Å². The number of hydrogen-bond acceptors (Lipinski definition) is 5. The average molecular weight is 326 g/mol. The van der Waals surface area contributed by atoms with Crippen molar-refractivity contribution in [2.75, 3.05) is 23.3 Å². The molecule has 0 amide bonds. The first kappa shape index (κ1) is 15.8. The fraction of sp³-hybridized carbons (Fsp3) is 0.357. The first-order valence-corrected chi connectivity index (χ1v) is 7.49. The van der Waals surface area contributed by atoms with Gasteiger partial charge in [0, 0.05) is 23.8 Å². The summed E-state index contributed by atoms with van der Waals surface area (Å²) in [5, 5.41) is 3.99. The Labute approximate surface area is 134 Å². The van der Waals surface area contributed by atoms with Crippen LogP contribution in [0.3, 0.4) is 0 Å². The molecule has 0 aliphatic heterocycles. The van der Waals surface area contributed by atoms with Gasteiger partial charge in [-0.05, 0) is 50.1 Å². The molecular weight excluding hydrogens is 309 g/mol. The Morgan fingerprint density at radius 3 is 2.48 bits per heavy atom. The predicted octanol–water partition coefficient (Wildman–Crippen LogP) is 4.08. The summed E-state index contributed by atoms with van der Waals surface area (Å²) in [6.07, 6.45) is 0. The standard InChI is InChI=1S/C14H17Cl2N5/c1-4-21(5-2)14-19-12(16)18-13(20-14)17-11-8-6-7-10(15)9(11)3/h6-8H,4-5H2,1-3H3,(H,17,18,19,20). The van der Waals surface area contributed by atoms with Crippen LogP contribution in [-0.4, -0.2) is 28.0 Å². The van der Waals surface area contributed by atoms with Crippen molar-refractivity contribution in [3.8, 4) is 0 Å². The van der Waals surface area contributed by atoms with Gasteiger partial charge >= 0.3 is 0 Å². The summed E-state index contributed by atoms with van der Waals surface area (Å²) in [6.45, 7) is 7.60. The van der Waals surface area contributed by atoms with Crippen molar-refractivity contribution in [2.24, 2.45) is 0 Å². The lowest BCUT2D eigenvalue weighted by Crippen LogP contribution is -2.24. The van der Waals surface area contributed by atoms with Gasteiger partial charge in [-0.25, -0.2) is 0 Å². The van der Waals surface area contributed by atoms with E-state index in [1.165, 1.54) is 0 Å². The second kappa shape index (κ2) is 6.91. The van der Waals surface area contributed by atoms with Gasteiger partial charge < -0.3 is 10.2 Å². The van der Waals surface area contributed by atoms with Crippen molar-refractivity contribution in [3.05, 3.63) is 34.1 Å². The number of anilines is 3. The van der Waals surface area contributed by atoms with Crippen molar-refractivity contribution in [3.63, 3.8) is 0 Å². The largest absolute Gasteiger partial charge is 0.341 e. The zero-order valence-electron chi connectivity index (χ0n) is 12.2. The van der Waals surface area contributed by atoms with Crippen LogP contribution in [0.4, 0.5) is 17.6 Å². The monoisotopic (exact) mass is 325 g/mol. The molecule has 0 saturated carbocycles. The first-order chi connectivity index (χ1) is 10.0. The third-order valence-electron chi connectivity index (χ3n) is 3.16. The molecule has 0 fully saturated rings. The van der Waals surface area contributed by atoms with Gasteiger partial charge in [-0.3, -0.25) is 0 Å². The lowest BCUT2D eigenvalue weighted by Gasteiger charge is -2.19. The maximum Gasteiger partial charge on any atom is 0.233 e. The summed E-state index contributed by atoms with van der Waals surface area (Å²) in [5.41, 5.74) is 1.77. The lowest BCUT2D eigenvalue weighted by atomic mass is 10.2. The van der Waals surface area contributed by atoms with Crippen molar-refractivity contribution >= 4 is 40.8 Å². The highest BCUT2D eigenvalue weighted by molar-refractivity contribution is 6.31. The normalized spacial score (nSPS) is 10.5. The Kier molecular flexibility index (Phi) is 5.20. The third-order valence-corrected chi connectivity index (χ3v) is 3.74. The molecule has 0 spiro atoms. The summed E-state index contributed by atoms with van der Waals surface area (Å²) < 4.78 is 0. The number of nitrogens with one attached hydrogen (secondary N) is 1. The number of rotatable bonds is 5. The Morgan fingerprint density at radius 2 is 1.81 bits per heavy atom. The molecule has 0 aliphatic rings. The van der Waals surface area contributed by atoms with Crippen LogP contribution >= 0.6 is 23.2 Å². The van der Waals surface area contributed by atoms with E-state index in [0.717, 1.165) is 24.3 Å². The molecule has 21 heavy (non-hydrogen) atoms. The fourth-order valence-corrected chi connectivity index (χ4v) is 2.24. The van der Waals surface area contributed by atoms with E-state index in [-0.39, 0.29) is 5.28 Å². The highest BCUT2D eigenvalue weighted by Gasteiger charge is 2.11. The number of hydrogen-bond donors (Lipinski definition) is 1. The van der Waals surface area contributed by atoms with Crippen LogP contribution in [-0.2, 0) is 0 Å². The van der Waals surface area contributed by atoms with Gasteiger partial charge in [0.2, 0.25) is 17.2 Å². The molecule has 1 aromatic heterocycles. The Morgan fingerprint density at radius 1 is 1.10 bits per heavy atom. The van der Waals surface area contributed by atoms with E-state index in [9.17, 15) is 0 Å². The van der Waals surface area contributed by atoms with Crippen LogP contribution in [0.1, 0.15) is 19.4 Å². The van der Waals surface area contributed by atoms with Crippen LogP contribution in [0.2, 0.25) is 10.3 Å². The average Bonchev–Trinajstić information content (AvgIpc) is 2.45. The zero-order valence-corrected chi connectivity index (χ0v) is 13.7. The number of nitrogens with zero attached hydrogens (tertiary/aromatic N) is 4. The zero-order chi connectivity index (χ0) is 15.4. The summed E-state index contributed by atoms with van der Waals surface area (Å²) in [5.74, 6) is 0.962. The molecule has 1 heterocycles. The van der Waals surface area contributed by atoms with Crippen molar-refractivity contribution in [1.29, 1.82) is 0 Å². The second-order valence-electron chi connectivity index (χ2n) is 4.44. The molecule has 1 aromatic carbocycles. The summed E-state index contributed by atoms with van der Waals surface area (Å²) >= 11 is 12.1. The van der Waals surface area contributed by atoms with Crippen LogP contribution < -0.4 is 10.2 Å². The van der Waals surface area contributed by atoms with Crippen molar-refractivity contribution in [1.82, 2.24) is 15.0 Å². The van der Waals surface area contributed by atoms with Gasteiger partial charge in [0.15, 0.2) is 0 Å². The molecule has 5 nitrogen and oxygen atoms in total. The van der Waals surface area contributed by atoms with Crippen LogP contribution in [0, 0.1) is 6.92 Å². The van der Waals surface area contributed by atoms with Crippen molar-refractivity contribution in [2.45, 2.75) is 20.8 Å². The van der Waals surface area contributed by atoms with Crippen LogP contribution in [0.5, 0.6) is 0 Å². The molecule has 0 bridgehead atoms. The smallest absolute Gasteiger partial charge is 0.233 e. The third kappa shape index (κ3) is 3.74. The van der Waals surface area contributed by atoms with Gasteiger partial charge in [0.05, 0.1) is 0 Å². The van der Waals surface area contributed by atoms with Crippen LogP contribution in [0.25, 0.3) is 0 Å². The SMILES string of the molecule is CCN(CC)c1nc(Cl)nc(Nc2cccc(Cl)c2C)n1. The molecule has 0 saturated heterocycles. The number of benzene rings is 1. The topological polar surface area (TPSA) is 53.9 Å². The minimum absolute atomic E-state index is 0.161. The fourth-order valence-electron chi connectivity index (χ4n) is 1.91. The second-order valence-corrected chi connectivity index (χ2v) is 5.18. The molecule has 0 unspecified atom stereocenters. The van der Waals surface area contributed by atoms with E-state index in [4.69, 9.17) is 23.2 Å². The Bertz CT molecular complexity index is 629. The van der Waals surface area contributed by atoms with E-state index < -0.39 is 0 Å².